The fourth-order valence-electron chi connectivity index (χ4n) is 0.936. The number of aromatic nitrogens is 1. The topological polar surface area (TPSA) is 44.1 Å². The van der Waals surface area contributed by atoms with E-state index in [0.717, 1.165) is 5.56 Å². The van der Waals surface area contributed by atoms with E-state index in [0.29, 0.717) is 5.82 Å². The molecule has 3 nitrogen and oxygen atoms in total. The molecule has 0 unspecified atom stereocenters. The van der Waals surface area contributed by atoms with E-state index in [-0.39, 0.29) is 5.91 Å². The normalized spacial score (nSPS) is 14.0. The van der Waals surface area contributed by atoms with Crippen molar-refractivity contribution in [1.29, 1.82) is 0 Å². The molecule has 1 aromatic rings. The van der Waals surface area contributed by atoms with Crippen molar-refractivity contribution in [2.75, 3.05) is 0 Å². The Balaban J connectivity index is 2.54. The van der Waals surface area contributed by atoms with Gasteiger partial charge in [-0.2, -0.15) is 5.32 Å². The lowest BCUT2D eigenvalue weighted by Gasteiger charge is -2.05. The lowest BCUT2D eigenvalue weighted by atomic mass is 10.2. The number of pyridine rings is 1. The summed E-state index contributed by atoms with van der Waals surface area (Å²) in [5.41, 5.74) is 0.895. The summed E-state index contributed by atoms with van der Waals surface area (Å²) in [4.78, 5) is 14.7. The molecule has 53 valence electrons. The average molecular weight is 145 g/mol. The van der Waals surface area contributed by atoms with Crippen LogP contribution in [0.15, 0.2) is 24.4 Å². The van der Waals surface area contributed by atoms with Crippen molar-refractivity contribution in [3.63, 3.8) is 0 Å². The number of hydrogen-bond acceptors (Lipinski definition) is 2. The van der Waals surface area contributed by atoms with Crippen molar-refractivity contribution in [2.24, 2.45) is 0 Å². The SMILES string of the molecule is O=C1C=Cc2cccnc2[N]1. The van der Waals surface area contributed by atoms with Crippen LogP contribution in [0.5, 0.6) is 0 Å². The highest BCUT2D eigenvalue weighted by molar-refractivity contribution is 5.98. The molecule has 0 saturated carbocycles. The zero-order valence-electron chi connectivity index (χ0n) is 5.69. The summed E-state index contributed by atoms with van der Waals surface area (Å²) in [6.07, 6.45) is 4.77. The molecule has 0 N–H and O–H groups in total. The van der Waals surface area contributed by atoms with Crippen LogP contribution in [0.1, 0.15) is 5.56 Å². The number of amides is 1. The number of nitrogens with zero attached hydrogens (tertiary/aromatic N) is 2. The van der Waals surface area contributed by atoms with Crippen LogP contribution < -0.4 is 5.32 Å². The minimum absolute atomic E-state index is 0.240. The summed E-state index contributed by atoms with van der Waals surface area (Å²) in [5.74, 6) is 0.274. The van der Waals surface area contributed by atoms with Gasteiger partial charge in [-0.05, 0) is 18.2 Å². The van der Waals surface area contributed by atoms with Crippen LogP contribution in [0.25, 0.3) is 6.08 Å². The zero-order chi connectivity index (χ0) is 7.68. The van der Waals surface area contributed by atoms with Gasteiger partial charge in [0.25, 0.3) is 5.91 Å². The Morgan fingerprint density at radius 3 is 3.09 bits per heavy atom. The molecular weight excluding hydrogens is 140 g/mol. The molecule has 1 radical (unpaired) electrons. The highest BCUT2D eigenvalue weighted by atomic mass is 16.1. The maximum absolute atomic E-state index is 10.7. The maximum atomic E-state index is 10.7. The van der Waals surface area contributed by atoms with Crippen LogP contribution in [0.3, 0.4) is 0 Å². The highest BCUT2D eigenvalue weighted by Gasteiger charge is 2.10. The Bertz CT molecular complexity index is 331. The molecule has 3 heteroatoms. The summed E-state index contributed by atoms with van der Waals surface area (Å²) >= 11 is 0. The van der Waals surface area contributed by atoms with Crippen LogP contribution in [-0.2, 0) is 4.79 Å². The van der Waals surface area contributed by atoms with Crippen molar-refractivity contribution < 1.29 is 4.79 Å². The van der Waals surface area contributed by atoms with Gasteiger partial charge in [0.15, 0.2) is 5.82 Å². The Hall–Kier alpha value is -1.64. The Morgan fingerprint density at radius 1 is 1.27 bits per heavy atom. The third-order valence-corrected chi connectivity index (χ3v) is 1.44. The van der Waals surface area contributed by atoms with Gasteiger partial charge in [0.2, 0.25) is 0 Å². The van der Waals surface area contributed by atoms with Crippen molar-refractivity contribution in [1.82, 2.24) is 10.3 Å². The minimum Gasteiger partial charge on any atom is -0.267 e. The lowest BCUT2D eigenvalue weighted by molar-refractivity contribution is -0.115. The quantitative estimate of drug-likeness (QED) is 0.543. The van der Waals surface area contributed by atoms with Crippen molar-refractivity contribution in [2.45, 2.75) is 0 Å². The van der Waals surface area contributed by atoms with E-state index in [1.165, 1.54) is 6.08 Å². The largest absolute Gasteiger partial charge is 0.271 e. The van der Waals surface area contributed by atoms with Crippen molar-refractivity contribution >= 4 is 17.8 Å². The number of carbonyl (C=O) groups excluding carboxylic acids is 1. The third kappa shape index (κ3) is 1.00. The van der Waals surface area contributed by atoms with Crippen LogP contribution in [-0.4, -0.2) is 10.9 Å². The molecule has 11 heavy (non-hydrogen) atoms. The van der Waals surface area contributed by atoms with Gasteiger partial charge in [-0.1, -0.05) is 0 Å². The average Bonchev–Trinajstić information content (AvgIpc) is 2.04. The Labute approximate surface area is 63.8 Å². The van der Waals surface area contributed by atoms with Gasteiger partial charge in [0.05, 0.1) is 0 Å². The molecule has 2 rings (SSSR count). The molecule has 0 aromatic carbocycles. The van der Waals surface area contributed by atoms with Gasteiger partial charge in [-0.15, -0.1) is 0 Å². The maximum Gasteiger partial charge on any atom is 0.271 e. The first-order valence-electron chi connectivity index (χ1n) is 3.25. The molecule has 0 aliphatic carbocycles. The summed E-state index contributed by atoms with van der Waals surface area (Å²) in [5, 5.41) is 3.71. The third-order valence-electron chi connectivity index (χ3n) is 1.44. The van der Waals surface area contributed by atoms with E-state index in [9.17, 15) is 4.79 Å². The van der Waals surface area contributed by atoms with Crippen molar-refractivity contribution in [3.8, 4) is 0 Å². The predicted octanol–water partition coefficient (Wildman–Crippen LogP) is 0.871. The highest BCUT2D eigenvalue weighted by Crippen LogP contribution is 2.16. The molecule has 0 saturated heterocycles. The number of fused-ring (bicyclic) bond motifs is 1. The van der Waals surface area contributed by atoms with E-state index >= 15 is 0 Å². The van der Waals surface area contributed by atoms with Gasteiger partial charge in [-0.25, -0.2) is 4.98 Å². The first kappa shape index (κ1) is 6.09. The molecule has 1 aromatic heterocycles. The zero-order valence-corrected chi connectivity index (χ0v) is 5.69. The number of hydrogen-bond donors (Lipinski definition) is 0. The number of carbonyl (C=O) groups is 1. The molecule has 0 bridgehead atoms. The number of rotatable bonds is 0. The molecule has 0 atom stereocenters. The molecule has 0 fully saturated rings. The summed E-state index contributed by atoms with van der Waals surface area (Å²) in [6, 6.07) is 3.68. The minimum atomic E-state index is -0.240. The van der Waals surface area contributed by atoms with E-state index in [2.05, 4.69) is 10.3 Å². The predicted molar refractivity (Wildman–Crippen MR) is 40.1 cm³/mol. The van der Waals surface area contributed by atoms with Crippen LogP contribution in [0.2, 0.25) is 0 Å². The van der Waals surface area contributed by atoms with Crippen LogP contribution in [0, 0.1) is 0 Å². The standard InChI is InChI=1S/C8H5N2O/c11-7-4-3-6-2-1-5-9-8(6)10-7/h1-5H. The van der Waals surface area contributed by atoms with E-state index in [1.54, 1.807) is 12.3 Å². The summed E-state index contributed by atoms with van der Waals surface area (Å²) in [6.45, 7) is 0. The first-order chi connectivity index (χ1) is 5.36. The van der Waals surface area contributed by atoms with E-state index in [1.807, 2.05) is 12.1 Å². The monoisotopic (exact) mass is 145 g/mol. The van der Waals surface area contributed by atoms with Gasteiger partial charge < -0.3 is 0 Å². The summed E-state index contributed by atoms with van der Waals surface area (Å²) < 4.78 is 0. The lowest BCUT2D eigenvalue weighted by Crippen LogP contribution is -2.12. The smallest absolute Gasteiger partial charge is 0.267 e. The van der Waals surface area contributed by atoms with Gasteiger partial charge in [0.1, 0.15) is 0 Å². The molecular formula is C8H5N2O. The molecule has 2 heterocycles. The Morgan fingerprint density at radius 2 is 2.18 bits per heavy atom. The second-order valence-corrected chi connectivity index (χ2v) is 2.20. The second kappa shape index (κ2) is 2.20. The Kier molecular flexibility index (Phi) is 1.22. The fraction of sp³-hybridized carbons (Fsp3) is 0. The van der Waals surface area contributed by atoms with Crippen molar-refractivity contribution in [3.05, 3.63) is 30.0 Å². The van der Waals surface area contributed by atoms with Gasteiger partial charge >= 0.3 is 0 Å². The van der Waals surface area contributed by atoms with E-state index in [4.69, 9.17) is 0 Å². The second-order valence-electron chi connectivity index (χ2n) is 2.20. The van der Waals surface area contributed by atoms with Crippen LogP contribution >= 0.6 is 0 Å². The van der Waals surface area contributed by atoms with E-state index < -0.39 is 0 Å². The summed E-state index contributed by atoms with van der Waals surface area (Å²) in [7, 11) is 0. The fourth-order valence-corrected chi connectivity index (χ4v) is 0.936. The molecule has 1 aliphatic heterocycles. The first-order valence-corrected chi connectivity index (χ1v) is 3.25. The van der Waals surface area contributed by atoms with Gasteiger partial charge in [0, 0.05) is 17.8 Å². The molecule has 1 amide bonds. The molecule has 1 aliphatic rings. The van der Waals surface area contributed by atoms with Crippen LogP contribution in [0.4, 0.5) is 5.82 Å². The molecule has 0 spiro atoms. The van der Waals surface area contributed by atoms with Gasteiger partial charge in [-0.3, -0.25) is 4.79 Å².